The van der Waals surface area contributed by atoms with E-state index in [0.29, 0.717) is 24.2 Å². The summed E-state index contributed by atoms with van der Waals surface area (Å²) in [5.41, 5.74) is 0.391. The molecule has 3 heterocycles. The molecule has 2 unspecified atom stereocenters. The molecule has 1 aromatic heterocycles. The number of likely N-dealkylation sites (tertiary alicyclic amines) is 1. The molecule has 0 spiro atoms. The van der Waals surface area contributed by atoms with Crippen molar-refractivity contribution in [3.05, 3.63) is 59.3 Å². The largest absolute Gasteiger partial charge is 0.347 e. The molecule has 2 saturated heterocycles. The zero-order valence-corrected chi connectivity index (χ0v) is 17.0. The summed E-state index contributed by atoms with van der Waals surface area (Å²) in [5.74, 6) is -0.323. The molecule has 2 aromatic rings. The van der Waals surface area contributed by atoms with Crippen molar-refractivity contribution in [1.82, 2.24) is 15.2 Å². The number of nitrogens with zero attached hydrogens (tertiary/aromatic N) is 4. The first-order valence-electron chi connectivity index (χ1n) is 10.6. The summed E-state index contributed by atoms with van der Waals surface area (Å²) >= 11 is 0. The summed E-state index contributed by atoms with van der Waals surface area (Å²) < 4.78 is 27.5. The molecule has 8 heteroatoms. The van der Waals surface area contributed by atoms with Gasteiger partial charge in [-0.2, -0.15) is 5.26 Å². The van der Waals surface area contributed by atoms with Crippen LogP contribution in [0.3, 0.4) is 0 Å². The van der Waals surface area contributed by atoms with E-state index in [4.69, 9.17) is 5.26 Å². The third kappa shape index (κ3) is 3.63. The Balaban J connectivity index is 1.22. The highest BCUT2D eigenvalue weighted by atomic mass is 19.1. The molecule has 1 amide bonds. The van der Waals surface area contributed by atoms with Gasteiger partial charge >= 0.3 is 0 Å². The number of fused-ring (bicyclic) bond motifs is 2. The second-order valence-corrected chi connectivity index (χ2v) is 8.67. The summed E-state index contributed by atoms with van der Waals surface area (Å²) in [6.07, 6.45) is 5.03. The van der Waals surface area contributed by atoms with Crippen LogP contribution in [0, 0.1) is 23.0 Å². The minimum atomic E-state index is -0.599. The number of pyridine rings is 1. The average molecular weight is 423 g/mol. The first-order chi connectivity index (χ1) is 15.0. The Kier molecular flexibility index (Phi) is 4.86. The van der Waals surface area contributed by atoms with Crippen LogP contribution >= 0.6 is 0 Å². The maximum absolute atomic E-state index is 14.2. The van der Waals surface area contributed by atoms with Crippen LogP contribution in [0.25, 0.3) is 0 Å². The molecule has 1 N–H and O–H groups in total. The average Bonchev–Trinajstić information content (AvgIpc) is 3.51. The van der Waals surface area contributed by atoms with Crippen LogP contribution in [0.2, 0.25) is 0 Å². The summed E-state index contributed by atoms with van der Waals surface area (Å²) in [6, 6.07) is 9.76. The van der Waals surface area contributed by atoms with Crippen molar-refractivity contribution in [1.29, 1.82) is 5.26 Å². The molecular weight excluding hydrogens is 400 g/mol. The van der Waals surface area contributed by atoms with Gasteiger partial charge in [-0.25, -0.2) is 13.8 Å². The molecule has 3 aliphatic rings. The Morgan fingerprint density at radius 2 is 1.94 bits per heavy atom. The van der Waals surface area contributed by atoms with Crippen LogP contribution in [0.4, 0.5) is 14.6 Å². The molecule has 5 rings (SSSR count). The van der Waals surface area contributed by atoms with Gasteiger partial charge in [-0.3, -0.25) is 10.1 Å². The quantitative estimate of drug-likeness (QED) is 0.801. The number of amides is 1. The van der Waals surface area contributed by atoms with Crippen molar-refractivity contribution in [3.8, 4) is 6.07 Å². The van der Waals surface area contributed by atoms with Crippen LogP contribution in [0.5, 0.6) is 0 Å². The predicted octanol–water partition coefficient (Wildman–Crippen LogP) is 2.69. The van der Waals surface area contributed by atoms with Crippen LogP contribution < -0.4 is 10.2 Å². The Hall–Kier alpha value is -3.05. The third-order valence-electron chi connectivity index (χ3n) is 6.75. The highest BCUT2D eigenvalue weighted by molar-refractivity contribution is 5.79. The van der Waals surface area contributed by atoms with Crippen molar-refractivity contribution in [2.75, 3.05) is 24.5 Å². The number of halogens is 2. The monoisotopic (exact) mass is 423 g/mol. The maximum Gasteiger partial charge on any atom is 0.236 e. The number of anilines is 1. The fraction of sp³-hybridized carbons (Fsp3) is 0.435. The van der Waals surface area contributed by atoms with Gasteiger partial charge in [-0.1, -0.05) is 6.07 Å². The number of nitriles is 1. The van der Waals surface area contributed by atoms with Gasteiger partial charge in [0, 0.05) is 48.5 Å². The normalized spacial score (nSPS) is 23.5. The molecule has 1 saturated carbocycles. The number of rotatable bonds is 5. The number of carbonyl (C=O) groups is 1. The number of aromatic nitrogens is 1. The molecule has 2 aliphatic heterocycles. The highest BCUT2D eigenvalue weighted by Gasteiger charge is 2.47. The zero-order chi connectivity index (χ0) is 21.6. The number of carbonyl (C=O) groups excluding carboxylic acids is 1. The lowest BCUT2D eigenvalue weighted by molar-refractivity contribution is -0.131. The van der Waals surface area contributed by atoms with Gasteiger partial charge < -0.3 is 9.80 Å². The molecule has 2 bridgehead atoms. The molecule has 0 radical (unpaired) electrons. The van der Waals surface area contributed by atoms with E-state index in [-0.39, 0.29) is 24.5 Å². The fourth-order valence-electron chi connectivity index (χ4n) is 4.99. The number of hydrogen-bond donors (Lipinski definition) is 1. The van der Waals surface area contributed by atoms with Crippen LogP contribution in [-0.4, -0.2) is 47.5 Å². The fourth-order valence-corrected chi connectivity index (χ4v) is 4.99. The highest BCUT2D eigenvalue weighted by Crippen LogP contribution is 2.46. The van der Waals surface area contributed by atoms with Gasteiger partial charge in [0.15, 0.2) is 0 Å². The summed E-state index contributed by atoms with van der Waals surface area (Å²) in [7, 11) is 0. The summed E-state index contributed by atoms with van der Waals surface area (Å²) in [4.78, 5) is 21.5. The van der Waals surface area contributed by atoms with Crippen molar-refractivity contribution in [2.24, 2.45) is 0 Å². The maximum atomic E-state index is 14.2. The topological polar surface area (TPSA) is 72.3 Å². The number of piperazine rings is 1. The van der Waals surface area contributed by atoms with Gasteiger partial charge in [0.05, 0.1) is 12.1 Å². The molecule has 3 fully saturated rings. The third-order valence-corrected chi connectivity index (χ3v) is 6.75. The van der Waals surface area contributed by atoms with E-state index in [9.17, 15) is 13.6 Å². The van der Waals surface area contributed by atoms with E-state index >= 15 is 0 Å². The SMILES string of the molecule is N#Cc1ccc(N2C3CCC2CN(C(=O)CNC2(c4ccc(F)cc4F)CC2)C3)nc1. The first-order valence-corrected chi connectivity index (χ1v) is 10.6. The van der Waals surface area contributed by atoms with Crippen LogP contribution in [0.15, 0.2) is 36.5 Å². The Labute approximate surface area is 179 Å². The standard InChI is InChI=1S/C23H23F2N5O/c24-16-2-5-19(20(25)9-16)23(7-8-23)28-12-22(31)29-13-17-3-4-18(14-29)30(17)21-6-1-15(10-26)11-27-21/h1-2,5-6,9,11,17-18,28H,3-4,7-8,12-14H2. The second-order valence-electron chi connectivity index (χ2n) is 8.67. The van der Waals surface area contributed by atoms with Crippen molar-refractivity contribution >= 4 is 11.7 Å². The number of nitrogens with one attached hydrogen (secondary N) is 1. The predicted molar refractivity (Wildman–Crippen MR) is 110 cm³/mol. The van der Waals surface area contributed by atoms with Gasteiger partial charge in [-0.05, 0) is 43.9 Å². The van der Waals surface area contributed by atoms with Gasteiger partial charge in [0.2, 0.25) is 5.91 Å². The minimum Gasteiger partial charge on any atom is -0.347 e. The van der Waals surface area contributed by atoms with Crippen molar-refractivity contribution < 1.29 is 13.6 Å². The lowest BCUT2D eigenvalue weighted by Gasteiger charge is -2.42. The van der Waals surface area contributed by atoms with E-state index in [1.54, 1.807) is 12.3 Å². The van der Waals surface area contributed by atoms with Crippen LogP contribution in [-0.2, 0) is 10.3 Å². The molecule has 31 heavy (non-hydrogen) atoms. The van der Waals surface area contributed by atoms with E-state index < -0.39 is 17.2 Å². The van der Waals surface area contributed by atoms with Gasteiger partial charge in [0.25, 0.3) is 0 Å². The summed E-state index contributed by atoms with van der Waals surface area (Å²) in [6.45, 7) is 1.37. The molecule has 1 aromatic carbocycles. The Morgan fingerprint density at radius 1 is 1.19 bits per heavy atom. The molecule has 2 atom stereocenters. The summed E-state index contributed by atoms with van der Waals surface area (Å²) in [5, 5.41) is 12.2. The smallest absolute Gasteiger partial charge is 0.236 e. The van der Waals surface area contributed by atoms with E-state index in [0.717, 1.165) is 37.6 Å². The zero-order valence-electron chi connectivity index (χ0n) is 17.0. The van der Waals surface area contributed by atoms with E-state index in [2.05, 4.69) is 21.3 Å². The van der Waals surface area contributed by atoms with Crippen molar-refractivity contribution in [3.63, 3.8) is 0 Å². The lowest BCUT2D eigenvalue weighted by atomic mass is 10.0. The molecule has 160 valence electrons. The second kappa shape index (κ2) is 7.57. The number of benzene rings is 1. The number of hydrogen-bond acceptors (Lipinski definition) is 5. The Bertz CT molecular complexity index is 1030. The van der Waals surface area contributed by atoms with Gasteiger partial charge in [0.1, 0.15) is 23.5 Å². The molecule has 6 nitrogen and oxygen atoms in total. The molecular formula is C23H23F2N5O. The Morgan fingerprint density at radius 3 is 2.52 bits per heavy atom. The van der Waals surface area contributed by atoms with Crippen molar-refractivity contribution in [2.45, 2.75) is 43.3 Å². The first kappa shape index (κ1) is 19.9. The van der Waals surface area contributed by atoms with E-state index in [1.807, 2.05) is 11.0 Å². The van der Waals surface area contributed by atoms with E-state index in [1.165, 1.54) is 12.1 Å². The van der Waals surface area contributed by atoms with Crippen LogP contribution in [0.1, 0.15) is 36.8 Å². The van der Waals surface area contributed by atoms with Gasteiger partial charge in [-0.15, -0.1) is 0 Å². The molecule has 1 aliphatic carbocycles. The minimum absolute atomic E-state index is 0.00173. The lowest BCUT2D eigenvalue weighted by Crippen LogP contribution is -2.57.